The summed E-state index contributed by atoms with van der Waals surface area (Å²) in [6, 6.07) is 8.16. The molecule has 3 nitrogen and oxygen atoms in total. The van der Waals surface area contributed by atoms with Gasteiger partial charge in [0.1, 0.15) is 5.82 Å². The Morgan fingerprint density at radius 3 is 3.07 bits per heavy atom. The number of benzene rings is 1. The lowest BCUT2D eigenvalue weighted by molar-refractivity contribution is 0.391. The average molecular weight is 202 g/mol. The van der Waals surface area contributed by atoms with E-state index in [-0.39, 0.29) is 0 Å². The third-order valence-corrected chi connectivity index (χ3v) is 2.78. The molecule has 1 fully saturated rings. The first-order chi connectivity index (χ1) is 7.42. The second-order valence-electron chi connectivity index (χ2n) is 4.05. The highest BCUT2D eigenvalue weighted by Gasteiger charge is 2.21. The molecule has 1 aromatic carbocycles. The maximum Gasteiger partial charge on any atom is 0.107 e. The number of aromatic amines is 1. The van der Waals surface area contributed by atoms with Crippen LogP contribution in [-0.2, 0) is 11.2 Å². The van der Waals surface area contributed by atoms with E-state index in [0.717, 1.165) is 42.7 Å². The van der Waals surface area contributed by atoms with Crippen molar-refractivity contribution in [3.8, 4) is 0 Å². The Hall–Kier alpha value is -1.35. The first-order valence-corrected chi connectivity index (χ1v) is 5.47. The van der Waals surface area contributed by atoms with E-state index < -0.39 is 0 Å². The van der Waals surface area contributed by atoms with Crippen LogP contribution in [0, 0.1) is 0 Å². The lowest BCUT2D eigenvalue weighted by Gasteiger charge is -1.93. The van der Waals surface area contributed by atoms with E-state index in [1.165, 1.54) is 0 Å². The highest BCUT2D eigenvalue weighted by molar-refractivity contribution is 5.74. The number of hydrogen-bond donors (Lipinski definition) is 1. The molecule has 0 amide bonds. The predicted molar refractivity (Wildman–Crippen MR) is 58.8 cm³/mol. The first-order valence-electron chi connectivity index (χ1n) is 5.47. The van der Waals surface area contributed by atoms with E-state index in [4.69, 9.17) is 4.74 Å². The number of rotatable bonds is 4. The van der Waals surface area contributed by atoms with Crippen molar-refractivity contribution < 1.29 is 4.74 Å². The monoisotopic (exact) mass is 202 g/mol. The number of ether oxygens (including phenoxy) is 1. The molecule has 2 aromatic rings. The SMILES string of the molecule is c1ccc2[nH]c(CCCC3CO3)nc2c1. The molecule has 0 bridgehead atoms. The van der Waals surface area contributed by atoms with Gasteiger partial charge in [0.05, 0.1) is 23.7 Å². The zero-order valence-corrected chi connectivity index (χ0v) is 8.57. The van der Waals surface area contributed by atoms with Gasteiger partial charge in [-0.2, -0.15) is 0 Å². The van der Waals surface area contributed by atoms with Crippen molar-refractivity contribution in [3.63, 3.8) is 0 Å². The van der Waals surface area contributed by atoms with Crippen molar-refractivity contribution >= 4 is 11.0 Å². The van der Waals surface area contributed by atoms with Crippen LogP contribution in [0.4, 0.5) is 0 Å². The molecular formula is C12H14N2O. The smallest absolute Gasteiger partial charge is 0.107 e. The summed E-state index contributed by atoms with van der Waals surface area (Å²) in [6.45, 7) is 0.958. The summed E-state index contributed by atoms with van der Waals surface area (Å²) >= 11 is 0. The van der Waals surface area contributed by atoms with Gasteiger partial charge in [-0.15, -0.1) is 0 Å². The molecule has 3 heteroatoms. The Labute approximate surface area is 88.5 Å². The molecule has 15 heavy (non-hydrogen) atoms. The molecule has 0 radical (unpaired) electrons. The minimum absolute atomic E-state index is 0.536. The van der Waals surface area contributed by atoms with Gasteiger partial charge in [-0.3, -0.25) is 0 Å². The predicted octanol–water partition coefficient (Wildman–Crippen LogP) is 2.28. The molecule has 1 atom stereocenters. The van der Waals surface area contributed by atoms with Crippen LogP contribution in [0.3, 0.4) is 0 Å². The van der Waals surface area contributed by atoms with Crippen molar-refractivity contribution in [2.24, 2.45) is 0 Å². The number of H-pyrrole nitrogens is 1. The fourth-order valence-electron chi connectivity index (χ4n) is 1.86. The normalized spacial score (nSPS) is 19.6. The number of aryl methyl sites for hydroxylation is 1. The van der Waals surface area contributed by atoms with E-state index in [0.29, 0.717) is 6.10 Å². The molecule has 1 unspecified atom stereocenters. The number of para-hydroxylation sites is 2. The summed E-state index contributed by atoms with van der Waals surface area (Å²) in [7, 11) is 0. The highest BCUT2D eigenvalue weighted by atomic mass is 16.6. The van der Waals surface area contributed by atoms with E-state index in [9.17, 15) is 0 Å². The summed E-state index contributed by atoms with van der Waals surface area (Å²) in [5, 5.41) is 0. The molecule has 1 aromatic heterocycles. The highest BCUT2D eigenvalue weighted by Crippen LogP contribution is 2.17. The second-order valence-corrected chi connectivity index (χ2v) is 4.05. The molecule has 1 aliphatic heterocycles. The van der Waals surface area contributed by atoms with Gasteiger partial charge in [0.25, 0.3) is 0 Å². The second kappa shape index (κ2) is 3.66. The Balaban J connectivity index is 1.68. The van der Waals surface area contributed by atoms with Crippen molar-refractivity contribution in [1.29, 1.82) is 0 Å². The van der Waals surface area contributed by atoms with E-state index in [2.05, 4.69) is 16.0 Å². The summed E-state index contributed by atoms with van der Waals surface area (Å²) in [4.78, 5) is 7.87. The minimum atomic E-state index is 0.536. The first kappa shape index (κ1) is 8.92. The van der Waals surface area contributed by atoms with E-state index in [1.54, 1.807) is 0 Å². The van der Waals surface area contributed by atoms with Gasteiger partial charge in [-0.1, -0.05) is 12.1 Å². The Kier molecular flexibility index (Phi) is 2.18. The largest absolute Gasteiger partial charge is 0.373 e. The Bertz CT molecular complexity index is 426. The van der Waals surface area contributed by atoms with Gasteiger partial charge in [0.2, 0.25) is 0 Å². The quantitative estimate of drug-likeness (QED) is 0.773. The lowest BCUT2D eigenvalue weighted by Crippen LogP contribution is -1.91. The molecule has 1 saturated heterocycles. The van der Waals surface area contributed by atoms with Gasteiger partial charge in [-0.05, 0) is 25.0 Å². The maximum absolute atomic E-state index is 5.17. The van der Waals surface area contributed by atoms with Crippen LogP contribution in [0.1, 0.15) is 18.7 Å². The minimum Gasteiger partial charge on any atom is -0.373 e. The van der Waals surface area contributed by atoms with Crippen molar-refractivity contribution in [3.05, 3.63) is 30.1 Å². The van der Waals surface area contributed by atoms with Crippen LogP contribution in [0.2, 0.25) is 0 Å². The number of aromatic nitrogens is 2. The fourth-order valence-corrected chi connectivity index (χ4v) is 1.86. The molecule has 2 heterocycles. The Morgan fingerprint density at radius 1 is 1.40 bits per heavy atom. The van der Waals surface area contributed by atoms with Crippen LogP contribution < -0.4 is 0 Å². The molecule has 3 rings (SSSR count). The number of nitrogens with one attached hydrogen (secondary N) is 1. The average Bonchev–Trinajstić information content (AvgIpc) is 2.97. The molecule has 78 valence electrons. The number of fused-ring (bicyclic) bond motifs is 1. The van der Waals surface area contributed by atoms with E-state index >= 15 is 0 Å². The summed E-state index contributed by atoms with van der Waals surface area (Å²) in [6.07, 6.45) is 3.88. The van der Waals surface area contributed by atoms with Gasteiger partial charge in [0.15, 0.2) is 0 Å². The number of imidazole rings is 1. The van der Waals surface area contributed by atoms with Gasteiger partial charge >= 0.3 is 0 Å². The summed E-state index contributed by atoms with van der Waals surface area (Å²) in [5.41, 5.74) is 2.20. The van der Waals surface area contributed by atoms with Gasteiger partial charge < -0.3 is 9.72 Å². The van der Waals surface area contributed by atoms with Gasteiger partial charge in [0, 0.05) is 6.42 Å². The number of nitrogens with zero attached hydrogens (tertiary/aromatic N) is 1. The summed E-state index contributed by atoms with van der Waals surface area (Å²) in [5.74, 6) is 1.09. The molecule has 0 saturated carbocycles. The van der Waals surface area contributed by atoms with Gasteiger partial charge in [-0.25, -0.2) is 4.98 Å². The zero-order chi connectivity index (χ0) is 10.1. The van der Waals surface area contributed by atoms with Crippen LogP contribution in [0.25, 0.3) is 11.0 Å². The molecular weight excluding hydrogens is 188 g/mol. The van der Waals surface area contributed by atoms with E-state index in [1.807, 2.05) is 18.2 Å². The molecule has 0 aliphatic carbocycles. The van der Waals surface area contributed by atoms with Crippen LogP contribution in [0.5, 0.6) is 0 Å². The Morgan fingerprint density at radius 2 is 2.27 bits per heavy atom. The van der Waals surface area contributed by atoms with Crippen molar-refractivity contribution in [2.45, 2.75) is 25.4 Å². The standard InChI is InChI=1S/C12H14N2O/c1-2-6-11-10(5-1)13-12(14-11)7-3-4-9-8-15-9/h1-2,5-6,9H,3-4,7-8H2,(H,13,14). The molecule has 1 aliphatic rings. The van der Waals surface area contributed by atoms with Crippen molar-refractivity contribution in [2.75, 3.05) is 6.61 Å². The topological polar surface area (TPSA) is 41.2 Å². The maximum atomic E-state index is 5.17. The van der Waals surface area contributed by atoms with Crippen LogP contribution >= 0.6 is 0 Å². The van der Waals surface area contributed by atoms with Crippen LogP contribution in [0.15, 0.2) is 24.3 Å². The van der Waals surface area contributed by atoms with Crippen molar-refractivity contribution in [1.82, 2.24) is 9.97 Å². The number of hydrogen-bond acceptors (Lipinski definition) is 2. The number of epoxide rings is 1. The molecule has 0 spiro atoms. The fraction of sp³-hybridized carbons (Fsp3) is 0.417. The third kappa shape index (κ3) is 2.02. The third-order valence-electron chi connectivity index (χ3n) is 2.78. The summed E-state index contributed by atoms with van der Waals surface area (Å²) < 4.78 is 5.17. The zero-order valence-electron chi connectivity index (χ0n) is 8.57. The van der Waals surface area contributed by atoms with Crippen LogP contribution in [-0.4, -0.2) is 22.7 Å². The molecule has 1 N–H and O–H groups in total. The lowest BCUT2D eigenvalue weighted by atomic mass is 10.2.